The van der Waals surface area contributed by atoms with E-state index >= 15 is 0 Å². The van der Waals surface area contributed by atoms with Crippen LogP contribution in [0.3, 0.4) is 0 Å². The summed E-state index contributed by atoms with van der Waals surface area (Å²) in [5.41, 5.74) is 5.73. The van der Waals surface area contributed by atoms with Gasteiger partial charge in [0.2, 0.25) is 0 Å². The average Bonchev–Trinajstić information content (AvgIpc) is 3.08. The van der Waals surface area contributed by atoms with Crippen LogP contribution in [0.2, 0.25) is 0 Å². The molecule has 0 atom stereocenters. The summed E-state index contributed by atoms with van der Waals surface area (Å²) in [7, 11) is 1.69. The number of ether oxygens (including phenoxy) is 1. The van der Waals surface area contributed by atoms with Gasteiger partial charge in [0, 0.05) is 62.1 Å². The van der Waals surface area contributed by atoms with Crippen LogP contribution in [-0.2, 0) is 13.0 Å². The summed E-state index contributed by atoms with van der Waals surface area (Å²) in [6, 6.07) is 25.2. The van der Waals surface area contributed by atoms with E-state index in [-0.39, 0.29) is 11.8 Å². The summed E-state index contributed by atoms with van der Waals surface area (Å²) < 4.78 is 5.58. The van der Waals surface area contributed by atoms with Crippen LogP contribution in [0.4, 0.5) is 17.1 Å². The van der Waals surface area contributed by atoms with Gasteiger partial charge in [-0.25, -0.2) is 0 Å². The third kappa shape index (κ3) is 7.75. The minimum atomic E-state index is -0.205. The molecule has 0 radical (unpaired) electrons. The van der Waals surface area contributed by atoms with E-state index in [0.717, 1.165) is 61.7 Å². The fourth-order valence-corrected chi connectivity index (χ4v) is 5.54. The Bertz CT molecular complexity index is 1530. The van der Waals surface area contributed by atoms with Gasteiger partial charge in [-0.1, -0.05) is 50.1 Å². The summed E-state index contributed by atoms with van der Waals surface area (Å²) in [6.07, 6.45) is 8.00. The van der Waals surface area contributed by atoms with Gasteiger partial charge in [0.15, 0.2) is 0 Å². The predicted molar refractivity (Wildman–Crippen MR) is 177 cm³/mol. The lowest BCUT2D eigenvalue weighted by Crippen LogP contribution is -2.47. The number of hydrogen-bond donors (Lipinski definition) is 2. The molecule has 0 spiro atoms. The number of para-hydroxylation sites is 2. The number of piperazine rings is 1. The molecule has 0 bridgehead atoms. The van der Waals surface area contributed by atoms with Gasteiger partial charge in [-0.2, -0.15) is 0 Å². The minimum Gasteiger partial charge on any atom is -0.495 e. The third-order valence-corrected chi connectivity index (χ3v) is 8.01. The van der Waals surface area contributed by atoms with Crippen LogP contribution in [-0.4, -0.2) is 50.1 Å². The molecule has 44 heavy (non-hydrogen) atoms. The van der Waals surface area contributed by atoms with Gasteiger partial charge in [-0.05, 0) is 72.5 Å². The number of aromatic nitrogens is 1. The molecule has 1 aromatic heterocycles. The number of anilines is 3. The SMILES string of the molecule is CCCCCc1ccc(C(=O)Nc2ccc(N3CCN(c4ccccc4OC)CC3)c(C(=O)NCc3cccnc3)c2)cc1. The van der Waals surface area contributed by atoms with Gasteiger partial charge in [-0.3, -0.25) is 14.6 Å². The molecular weight excluding hydrogens is 550 g/mol. The summed E-state index contributed by atoms with van der Waals surface area (Å²) in [4.78, 5) is 35.4. The van der Waals surface area contributed by atoms with E-state index in [1.165, 1.54) is 18.4 Å². The van der Waals surface area contributed by atoms with Crippen molar-refractivity contribution in [3.05, 3.63) is 114 Å². The van der Waals surface area contributed by atoms with Crippen molar-refractivity contribution in [1.82, 2.24) is 10.3 Å². The Morgan fingerprint density at radius 2 is 1.57 bits per heavy atom. The van der Waals surface area contributed by atoms with E-state index in [1.54, 1.807) is 25.6 Å². The minimum absolute atomic E-state index is 0.204. The van der Waals surface area contributed by atoms with E-state index in [9.17, 15) is 9.59 Å². The zero-order valence-corrected chi connectivity index (χ0v) is 25.6. The molecular formula is C36H41N5O3. The summed E-state index contributed by atoms with van der Waals surface area (Å²) in [6.45, 7) is 5.58. The molecule has 1 fully saturated rings. The van der Waals surface area contributed by atoms with Crippen molar-refractivity contribution in [3.8, 4) is 5.75 Å². The summed E-state index contributed by atoms with van der Waals surface area (Å²) in [5.74, 6) is 0.441. The number of pyridine rings is 1. The second-order valence-electron chi connectivity index (χ2n) is 11.0. The van der Waals surface area contributed by atoms with Crippen LogP contribution in [0.15, 0.2) is 91.3 Å². The zero-order valence-electron chi connectivity index (χ0n) is 25.6. The number of rotatable bonds is 12. The number of aryl methyl sites for hydroxylation is 1. The Kier molecular flexibility index (Phi) is 10.5. The smallest absolute Gasteiger partial charge is 0.255 e. The van der Waals surface area contributed by atoms with Crippen molar-refractivity contribution < 1.29 is 14.3 Å². The molecule has 1 aliphatic heterocycles. The largest absolute Gasteiger partial charge is 0.495 e. The first kappa shape index (κ1) is 30.6. The Hall–Kier alpha value is -4.85. The fourth-order valence-electron chi connectivity index (χ4n) is 5.54. The number of nitrogens with one attached hydrogen (secondary N) is 2. The van der Waals surface area contributed by atoms with Gasteiger partial charge >= 0.3 is 0 Å². The van der Waals surface area contributed by atoms with Crippen LogP contribution in [0.1, 0.15) is 58.0 Å². The Morgan fingerprint density at radius 3 is 2.27 bits per heavy atom. The van der Waals surface area contributed by atoms with Crippen molar-refractivity contribution in [2.24, 2.45) is 0 Å². The Balaban J connectivity index is 1.32. The molecule has 0 saturated carbocycles. The molecule has 5 rings (SSSR count). The molecule has 0 aliphatic carbocycles. The Labute approximate surface area is 260 Å². The number of benzene rings is 3. The number of amides is 2. The number of carbonyl (C=O) groups is 2. The van der Waals surface area contributed by atoms with E-state index < -0.39 is 0 Å². The van der Waals surface area contributed by atoms with Gasteiger partial charge < -0.3 is 25.2 Å². The normalized spacial score (nSPS) is 13.0. The monoisotopic (exact) mass is 591 g/mol. The van der Waals surface area contributed by atoms with Gasteiger partial charge in [-0.15, -0.1) is 0 Å². The second-order valence-corrected chi connectivity index (χ2v) is 11.0. The lowest BCUT2D eigenvalue weighted by molar-refractivity contribution is 0.0950. The molecule has 8 nitrogen and oxygen atoms in total. The van der Waals surface area contributed by atoms with Crippen LogP contribution < -0.4 is 25.2 Å². The zero-order chi connectivity index (χ0) is 30.7. The number of nitrogens with zero attached hydrogens (tertiary/aromatic N) is 3. The van der Waals surface area contributed by atoms with Gasteiger partial charge in [0.1, 0.15) is 5.75 Å². The lowest BCUT2D eigenvalue weighted by atomic mass is 10.0. The number of methoxy groups -OCH3 is 1. The maximum absolute atomic E-state index is 13.6. The van der Waals surface area contributed by atoms with Gasteiger partial charge in [0.25, 0.3) is 11.8 Å². The van der Waals surface area contributed by atoms with Crippen molar-refractivity contribution in [2.45, 2.75) is 39.2 Å². The average molecular weight is 592 g/mol. The highest BCUT2D eigenvalue weighted by atomic mass is 16.5. The second kappa shape index (κ2) is 15.0. The first-order valence-corrected chi connectivity index (χ1v) is 15.4. The van der Waals surface area contributed by atoms with Gasteiger partial charge in [0.05, 0.1) is 18.4 Å². The fraction of sp³-hybridized carbons (Fsp3) is 0.306. The lowest BCUT2D eigenvalue weighted by Gasteiger charge is -2.38. The Morgan fingerprint density at radius 1 is 0.818 bits per heavy atom. The van der Waals surface area contributed by atoms with Crippen molar-refractivity contribution in [3.63, 3.8) is 0 Å². The molecule has 4 aromatic rings. The standard InChI is InChI=1S/C36H41N5O3/c1-3-4-5-9-27-13-15-29(16-14-27)35(42)39-30-17-18-32(31(24-30)36(43)38-26-28-10-8-19-37-25-28)40-20-22-41(23-21-40)33-11-6-7-12-34(33)44-2/h6-8,10-19,24-25H,3-5,9,20-23,26H2,1-2H3,(H,38,43)(H,39,42). The van der Waals surface area contributed by atoms with Crippen LogP contribution in [0, 0.1) is 0 Å². The molecule has 3 aromatic carbocycles. The van der Waals surface area contributed by atoms with Crippen LogP contribution in [0.5, 0.6) is 5.75 Å². The number of unbranched alkanes of at least 4 members (excludes halogenated alkanes) is 2. The molecule has 2 N–H and O–H groups in total. The molecule has 2 amide bonds. The highest BCUT2D eigenvalue weighted by Crippen LogP contribution is 2.31. The maximum atomic E-state index is 13.6. The van der Waals surface area contributed by atoms with Crippen molar-refractivity contribution >= 4 is 28.9 Å². The molecule has 2 heterocycles. The van der Waals surface area contributed by atoms with E-state index in [1.807, 2.05) is 66.7 Å². The predicted octanol–water partition coefficient (Wildman–Crippen LogP) is 6.33. The molecule has 228 valence electrons. The maximum Gasteiger partial charge on any atom is 0.255 e. The third-order valence-electron chi connectivity index (χ3n) is 8.01. The first-order valence-electron chi connectivity index (χ1n) is 15.4. The topological polar surface area (TPSA) is 86.8 Å². The van der Waals surface area contributed by atoms with E-state index in [0.29, 0.717) is 23.4 Å². The molecule has 1 aliphatic rings. The highest BCUT2D eigenvalue weighted by Gasteiger charge is 2.24. The van der Waals surface area contributed by atoms with Crippen LogP contribution in [0.25, 0.3) is 0 Å². The highest BCUT2D eigenvalue weighted by molar-refractivity contribution is 6.06. The summed E-state index contributed by atoms with van der Waals surface area (Å²) >= 11 is 0. The molecule has 1 saturated heterocycles. The van der Waals surface area contributed by atoms with Crippen LogP contribution >= 0.6 is 0 Å². The van der Waals surface area contributed by atoms with Crippen molar-refractivity contribution in [1.29, 1.82) is 0 Å². The quantitative estimate of drug-likeness (QED) is 0.187. The summed E-state index contributed by atoms with van der Waals surface area (Å²) in [5, 5.41) is 6.04. The molecule has 8 heteroatoms. The van der Waals surface area contributed by atoms with Crippen molar-refractivity contribution in [2.75, 3.05) is 48.4 Å². The number of hydrogen-bond acceptors (Lipinski definition) is 6. The first-order chi connectivity index (χ1) is 21.6. The number of carbonyl (C=O) groups excluding carboxylic acids is 2. The van der Waals surface area contributed by atoms with E-state index in [2.05, 4.69) is 38.4 Å². The van der Waals surface area contributed by atoms with E-state index in [4.69, 9.17) is 4.74 Å². The molecule has 0 unspecified atom stereocenters.